The first-order valence-electron chi connectivity index (χ1n) is 10.4. The Morgan fingerprint density at radius 2 is 1.09 bits per heavy atom. The molecule has 0 aliphatic heterocycles. The monoisotopic (exact) mass is 312 g/mol. The molecule has 23 heavy (non-hydrogen) atoms. The Morgan fingerprint density at radius 1 is 0.739 bits per heavy atom. The molecule has 6 N–H and O–H groups in total. The largest absolute Gasteiger partial charge is 0.456 e. The van der Waals surface area contributed by atoms with Crippen LogP contribution in [0, 0.1) is 10.8 Å². The van der Waals surface area contributed by atoms with Crippen LogP contribution < -0.4 is 11.5 Å². The first kappa shape index (κ1) is 7.78. The maximum Gasteiger partial charge on any atom is 0.134 e. The zero-order chi connectivity index (χ0) is 23.4. The molecule has 3 rings (SSSR count). The zero-order valence-corrected chi connectivity index (χ0v) is 11.7. The Bertz CT molecular complexity index is 1130. The molecule has 114 valence electrons. The van der Waals surface area contributed by atoms with Crippen LogP contribution in [0.15, 0.2) is 64.9 Å². The minimum absolute atomic E-state index is 0.102. The molecule has 5 nitrogen and oxygen atoms in total. The fourth-order valence-corrected chi connectivity index (χ4v) is 1.75. The van der Waals surface area contributed by atoms with Gasteiger partial charge in [0.2, 0.25) is 0 Å². The van der Waals surface area contributed by atoms with Crippen molar-refractivity contribution < 1.29 is 15.4 Å². The fraction of sp³-hybridized carbons (Fsp3) is 0. The number of amidine groups is 2. The number of furan rings is 1. The van der Waals surface area contributed by atoms with Gasteiger partial charge >= 0.3 is 0 Å². The molecule has 0 radical (unpaired) electrons. The first-order chi connectivity index (χ1) is 14.4. The van der Waals surface area contributed by atoms with Crippen molar-refractivity contribution in [1.29, 1.82) is 10.8 Å². The van der Waals surface area contributed by atoms with E-state index in [0.29, 0.717) is 0 Å². The molecule has 1 heterocycles. The Kier molecular flexibility index (Phi) is 1.96. The summed E-state index contributed by atoms with van der Waals surface area (Å²) in [5, 5.41) is 15.0. The van der Waals surface area contributed by atoms with Gasteiger partial charge < -0.3 is 15.9 Å². The number of nitrogen functional groups attached to an aromatic ring is 2. The van der Waals surface area contributed by atoms with Gasteiger partial charge in [0.15, 0.2) is 0 Å². The van der Waals surface area contributed by atoms with Crippen LogP contribution in [0.1, 0.15) is 22.1 Å². The quantitative estimate of drug-likeness (QED) is 0.438. The summed E-state index contributed by atoms with van der Waals surface area (Å²) in [6, 6.07) is -1.38. The molecule has 3 aromatic rings. The summed E-state index contributed by atoms with van der Waals surface area (Å²) in [5.74, 6) is -1.43. The third kappa shape index (κ3) is 2.98. The molecular formula is C18H16N4O. The second kappa shape index (κ2) is 5.81. The van der Waals surface area contributed by atoms with E-state index in [9.17, 15) is 0 Å². The van der Waals surface area contributed by atoms with Gasteiger partial charge in [-0.25, -0.2) is 0 Å². The Hall–Kier alpha value is -3.34. The highest BCUT2D eigenvalue weighted by Crippen LogP contribution is 2.28. The van der Waals surface area contributed by atoms with E-state index in [2.05, 4.69) is 0 Å². The summed E-state index contributed by atoms with van der Waals surface area (Å²) in [5.41, 5.74) is 9.64. The molecule has 0 saturated heterocycles. The van der Waals surface area contributed by atoms with Crippen LogP contribution in [-0.4, -0.2) is 11.7 Å². The Balaban J connectivity index is 2.26. The van der Waals surface area contributed by atoms with Crippen LogP contribution in [0.5, 0.6) is 0 Å². The zero-order valence-electron chi connectivity index (χ0n) is 19.7. The van der Waals surface area contributed by atoms with Crippen LogP contribution in [0.4, 0.5) is 0 Å². The topological polar surface area (TPSA) is 113 Å². The average molecular weight is 312 g/mol. The van der Waals surface area contributed by atoms with Crippen molar-refractivity contribution in [2.45, 2.75) is 0 Å². The highest BCUT2D eigenvalue weighted by atomic mass is 16.3. The minimum atomic E-state index is -0.613. The normalized spacial score (nSPS) is 15.3. The van der Waals surface area contributed by atoms with Crippen molar-refractivity contribution in [3.63, 3.8) is 0 Å². The maximum atomic E-state index is 8.17. The lowest BCUT2D eigenvalue weighted by Gasteiger charge is -2.02. The van der Waals surface area contributed by atoms with E-state index in [1.54, 1.807) is 0 Å². The molecule has 1 aromatic heterocycles. The summed E-state index contributed by atoms with van der Waals surface area (Å²) >= 11 is 0. The smallest absolute Gasteiger partial charge is 0.134 e. The molecule has 0 bridgehead atoms. The van der Waals surface area contributed by atoms with Crippen molar-refractivity contribution in [2.24, 2.45) is 11.5 Å². The first-order valence-corrected chi connectivity index (χ1v) is 6.40. The number of nitrogens with one attached hydrogen (secondary N) is 2. The van der Waals surface area contributed by atoms with Gasteiger partial charge in [-0.3, -0.25) is 10.8 Å². The molecular weight excluding hydrogens is 288 g/mol. The van der Waals surface area contributed by atoms with E-state index in [0.717, 1.165) is 0 Å². The maximum absolute atomic E-state index is 8.17. The molecule has 0 spiro atoms. The van der Waals surface area contributed by atoms with Gasteiger partial charge in [-0.2, -0.15) is 0 Å². The van der Waals surface area contributed by atoms with Crippen LogP contribution in [0.25, 0.3) is 22.6 Å². The lowest BCUT2D eigenvalue weighted by molar-refractivity contribution is 0.597. The van der Waals surface area contributed by atoms with E-state index < -0.39 is 60.0 Å². The summed E-state index contributed by atoms with van der Waals surface area (Å²) in [6.45, 7) is 0. The van der Waals surface area contributed by atoms with E-state index in [1.165, 1.54) is 12.1 Å². The van der Waals surface area contributed by atoms with Gasteiger partial charge in [0, 0.05) is 22.3 Å². The predicted molar refractivity (Wildman–Crippen MR) is 91.6 cm³/mol. The molecule has 0 aliphatic rings. The number of nitrogens with two attached hydrogens (primary N) is 2. The van der Waals surface area contributed by atoms with Crippen LogP contribution >= 0.6 is 0 Å². The lowest BCUT2D eigenvalue weighted by Crippen LogP contribution is -2.10. The highest BCUT2D eigenvalue weighted by Gasteiger charge is 2.08. The van der Waals surface area contributed by atoms with Gasteiger partial charge in [-0.1, -0.05) is 48.3 Å². The van der Waals surface area contributed by atoms with Crippen molar-refractivity contribution in [3.05, 3.63) is 71.6 Å². The number of hydrogen-bond donors (Lipinski definition) is 4. The predicted octanol–water partition coefficient (Wildman–Crippen LogP) is 3.18. The van der Waals surface area contributed by atoms with Crippen molar-refractivity contribution >= 4 is 11.7 Å². The molecule has 0 atom stereocenters. The van der Waals surface area contributed by atoms with Crippen molar-refractivity contribution in [3.8, 4) is 22.6 Å². The molecule has 0 saturated carbocycles. The van der Waals surface area contributed by atoms with E-state index in [4.69, 9.17) is 37.7 Å². The molecule has 2 aromatic carbocycles. The number of benzene rings is 2. The molecule has 5 heteroatoms. The Labute approximate surface area is 144 Å². The minimum Gasteiger partial charge on any atom is -0.456 e. The molecule has 0 unspecified atom stereocenters. The number of rotatable bonds is 4. The third-order valence-electron chi connectivity index (χ3n) is 2.89. The number of hydrogen-bond acceptors (Lipinski definition) is 3. The molecule has 0 fully saturated rings. The standard InChI is InChI=1S/C18H16N4O/c19-17(20)13-5-1-11(2-6-13)15-9-10-16(23-15)12-3-7-14(8-4-12)18(21)22/h1-10H,(H3,19,20)(H3,21,22)/i1D,2D,3D,4D,5D,6D,7D,8D. The fourth-order valence-electron chi connectivity index (χ4n) is 1.75. The second-order valence-electron chi connectivity index (χ2n) is 4.49. The van der Waals surface area contributed by atoms with Crippen LogP contribution in [0.2, 0.25) is 0 Å². The SMILES string of the molecule is [2H]c1c([2H])c(-c2ccc(-c3c([2H])c([2H])c(C(=N)N)c([2H])c3[2H])o2)c([2H])c([2H])c1C(=N)N. The highest BCUT2D eigenvalue weighted by molar-refractivity contribution is 5.95. The Morgan fingerprint density at radius 3 is 1.39 bits per heavy atom. The van der Waals surface area contributed by atoms with Crippen LogP contribution in [-0.2, 0) is 0 Å². The van der Waals surface area contributed by atoms with E-state index in [-0.39, 0.29) is 33.8 Å². The summed E-state index contributed by atoms with van der Waals surface area (Å²) in [7, 11) is 0. The summed E-state index contributed by atoms with van der Waals surface area (Å²) in [6.07, 6.45) is 0. The van der Waals surface area contributed by atoms with Gasteiger partial charge in [0.1, 0.15) is 23.2 Å². The van der Waals surface area contributed by atoms with E-state index >= 15 is 0 Å². The van der Waals surface area contributed by atoms with Gasteiger partial charge in [0.05, 0.1) is 11.0 Å². The molecule has 0 aliphatic carbocycles. The lowest BCUT2D eigenvalue weighted by atomic mass is 10.1. The molecule has 0 amide bonds. The van der Waals surface area contributed by atoms with Crippen molar-refractivity contribution in [1.82, 2.24) is 0 Å². The average Bonchev–Trinajstić information content (AvgIpc) is 3.14. The van der Waals surface area contributed by atoms with Gasteiger partial charge in [-0.15, -0.1) is 0 Å². The van der Waals surface area contributed by atoms with Crippen LogP contribution in [0.3, 0.4) is 0 Å². The van der Waals surface area contributed by atoms with E-state index in [1.807, 2.05) is 0 Å². The third-order valence-corrected chi connectivity index (χ3v) is 2.89. The van der Waals surface area contributed by atoms with Crippen molar-refractivity contribution in [2.75, 3.05) is 0 Å². The second-order valence-corrected chi connectivity index (χ2v) is 4.49. The van der Waals surface area contributed by atoms with Gasteiger partial charge in [-0.05, 0) is 12.1 Å². The van der Waals surface area contributed by atoms with Gasteiger partial charge in [0.25, 0.3) is 0 Å². The summed E-state index contributed by atoms with van der Waals surface area (Å²) in [4.78, 5) is 0. The summed E-state index contributed by atoms with van der Waals surface area (Å²) < 4.78 is 70.4.